The molecule has 1 aromatic carbocycles. The second-order valence-electron chi connectivity index (χ2n) is 4.08. The topological polar surface area (TPSA) is 30.5 Å². The van der Waals surface area contributed by atoms with Crippen LogP contribution in [0.4, 0.5) is 4.39 Å². The van der Waals surface area contributed by atoms with Gasteiger partial charge < -0.3 is 14.8 Å². The Hall–Kier alpha value is -1.30. The molecule has 2 aromatic rings. The van der Waals surface area contributed by atoms with E-state index in [1.807, 2.05) is 5.38 Å². The zero-order chi connectivity index (χ0) is 14.7. The lowest BCUT2D eigenvalue weighted by Crippen LogP contribution is -2.18. The van der Waals surface area contributed by atoms with Gasteiger partial charge in [-0.3, -0.25) is 0 Å². The van der Waals surface area contributed by atoms with Gasteiger partial charge >= 0.3 is 0 Å². The van der Waals surface area contributed by atoms with Crippen molar-refractivity contribution in [1.82, 2.24) is 5.32 Å². The molecule has 0 radical (unpaired) electrons. The zero-order valence-electron chi connectivity index (χ0n) is 11.4. The van der Waals surface area contributed by atoms with Crippen molar-refractivity contribution in [3.8, 4) is 11.5 Å². The van der Waals surface area contributed by atoms with Gasteiger partial charge in [-0.2, -0.15) is 0 Å². The summed E-state index contributed by atoms with van der Waals surface area (Å²) in [5.41, 5.74) is 0.467. The van der Waals surface area contributed by atoms with Gasteiger partial charge in [-0.05, 0) is 24.6 Å². The molecule has 2 rings (SSSR count). The molecule has 1 aromatic heterocycles. The van der Waals surface area contributed by atoms with E-state index in [1.165, 1.54) is 31.6 Å². The minimum Gasteiger partial charge on any atom is -0.493 e. The van der Waals surface area contributed by atoms with Crippen LogP contribution in [0.5, 0.6) is 11.5 Å². The third kappa shape index (κ3) is 2.75. The van der Waals surface area contributed by atoms with E-state index in [1.54, 1.807) is 19.2 Å². The largest absolute Gasteiger partial charge is 0.493 e. The van der Waals surface area contributed by atoms with Crippen LogP contribution in [-0.2, 0) is 0 Å². The monoisotopic (exact) mass is 315 g/mol. The Morgan fingerprint density at radius 3 is 2.40 bits per heavy atom. The number of benzene rings is 1. The molecule has 0 saturated carbocycles. The Kier molecular flexibility index (Phi) is 4.86. The van der Waals surface area contributed by atoms with Crippen molar-refractivity contribution in [3.05, 3.63) is 44.9 Å². The van der Waals surface area contributed by atoms with Gasteiger partial charge in [0.15, 0.2) is 11.5 Å². The summed E-state index contributed by atoms with van der Waals surface area (Å²) >= 11 is 7.62. The molecule has 1 N–H and O–H groups in total. The lowest BCUT2D eigenvalue weighted by atomic mass is 10.0. The average molecular weight is 316 g/mol. The molecule has 0 aliphatic rings. The number of halogens is 2. The van der Waals surface area contributed by atoms with Crippen molar-refractivity contribution in [1.29, 1.82) is 0 Å². The van der Waals surface area contributed by atoms with Gasteiger partial charge in [0.25, 0.3) is 0 Å². The van der Waals surface area contributed by atoms with Crippen molar-refractivity contribution in [2.75, 3.05) is 21.3 Å². The zero-order valence-corrected chi connectivity index (χ0v) is 12.9. The van der Waals surface area contributed by atoms with Gasteiger partial charge in [0, 0.05) is 16.5 Å². The van der Waals surface area contributed by atoms with Gasteiger partial charge in [-0.1, -0.05) is 11.6 Å². The molecule has 0 aliphatic carbocycles. The lowest BCUT2D eigenvalue weighted by Gasteiger charge is -2.18. The van der Waals surface area contributed by atoms with Crippen molar-refractivity contribution in [2.24, 2.45) is 0 Å². The second kappa shape index (κ2) is 6.43. The highest BCUT2D eigenvalue weighted by atomic mass is 35.5. The number of ether oxygens (including phenoxy) is 2. The first kappa shape index (κ1) is 15.1. The Morgan fingerprint density at radius 2 is 1.90 bits per heavy atom. The molecule has 6 heteroatoms. The third-order valence-corrected chi connectivity index (χ3v) is 4.43. The fourth-order valence-electron chi connectivity index (χ4n) is 2.03. The fraction of sp³-hybridized carbons (Fsp3) is 0.286. The van der Waals surface area contributed by atoms with Crippen LogP contribution >= 0.6 is 22.9 Å². The minimum atomic E-state index is -0.369. The van der Waals surface area contributed by atoms with E-state index in [0.717, 1.165) is 4.88 Å². The normalized spacial score (nSPS) is 12.2. The van der Waals surface area contributed by atoms with Gasteiger partial charge in [0.2, 0.25) is 0 Å². The van der Waals surface area contributed by atoms with E-state index < -0.39 is 0 Å². The highest BCUT2D eigenvalue weighted by Gasteiger charge is 2.22. The van der Waals surface area contributed by atoms with Crippen molar-refractivity contribution in [2.45, 2.75) is 6.04 Å². The molecular formula is C14H15ClFNO2S. The maximum Gasteiger partial charge on any atom is 0.163 e. The van der Waals surface area contributed by atoms with Crippen molar-refractivity contribution < 1.29 is 13.9 Å². The van der Waals surface area contributed by atoms with E-state index in [-0.39, 0.29) is 11.9 Å². The number of nitrogens with one attached hydrogen (secondary N) is 1. The Labute approximate surface area is 126 Å². The fourth-order valence-corrected chi connectivity index (χ4v) is 3.32. The third-order valence-electron chi connectivity index (χ3n) is 3.01. The predicted molar refractivity (Wildman–Crippen MR) is 79.7 cm³/mol. The Bertz CT molecular complexity index is 603. The van der Waals surface area contributed by atoms with Crippen LogP contribution in [0.15, 0.2) is 23.6 Å². The number of hydrogen-bond acceptors (Lipinski definition) is 4. The molecule has 1 heterocycles. The summed E-state index contributed by atoms with van der Waals surface area (Å²) in [5.74, 6) is 0.476. The molecular weight excluding hydrogens is 301 g/mol. The van der Waals surface area contributed by atoms with Gasteiger partial charge in [-0.25, -0.2) is 4.39 Å². The maximum atomic E-state index is 14.3. The summed E-state index contributed by atoms with van der Waals surface area (Å²) in [5, 5.41) is 5.57. The summed E-state index contributed by atoms with van der Waals surface area (Å²) in [6.45, 7) is 0. The van der Waals surface area contributed by atoms with Gasteiger partial charge in [-0.15, -0.1) is 11.3 Å². The molecule has 0 spiro atoms. The highest BCUT2D eigenvalue weighted by Crippen LogP contribution is 2.38. The van der Waals surface area contributed by atoms with Crippen LogP contribution in [0.1, 0.15) is 16.5 Å². The first-order valence-corrected chi connectivity index (χ1v) is 7.19. The molecule has 3 nitrogen and oxygen atoms in total. The molecule has 0 fully saturated rings. The molecule has 1 atom stereocenters. The number of methoxy groups -OCH3 is 2. The summed E-state index contributed by atoms with van der Waals surface area (Å²) in [6.07, 6.45) is 0. The number of rotatable bonds is 5. The average Bonchev–Trinajstić information content (AvgIpc) is 2.87. The van der Waals surface area contributed by atoms with Crippen LogP contribution in [0.3, 0.4) is 0 Å². The first-order valence-electron chi connectivity index (χ1n) is 5.94. The predicted octanol–water partition coefficient (Wildman–Crippen LogP) is 3.87. The molecule has 0 amide bonds. The summed E-state index contributed by atoms with van der Waals surface area (Å²) in [7, 11) is 4.76. The van der Waals surface area contributed by atoms with Crippen LogP contribution in [0.2, 0.25) is 5.02 Å². The first-order chi connectivity index (χ1) is 9.62. The standard InChI is InChI=1S/C14H15ClFNO2S/c1-17-13(14-9(15)4-5-20-14)8-6-11(18-2)12(19-3)7-10(8)16/h4-7,13,17H,1-3H3. The molecule has 1 unspecified atom stereocenters. The summed E-state index contributed by atoms with van der Waals surface area (Å²) in [4.78, 5) is 0.861. The van der Waals surface area contributed by atoms with Gasteiger partial charge in [0.05, 0.1) is 25.3 Å². The highest BCUT2D eigenvalue weighted by molar-refractivity contribution is 7.10. The molecule has 0 saturated heterocycles. The van der Waals surface area contributed by atoms with Crippen LogP contribution in [0, 0.1) is 5.82 Å². The molecule has 20 heavy (non-hydrogen) atoms. The number of hydrogen-bond donors (Lipinski definition) is 1. The van der Waals surface area contributed by atoms with Gasteiger partial charge in [0.1, 0.15) is 5.82 Å². The van der Waals surface area contributed by atoms with E-state index in [2.05, 4.69) is 5.32 Å². The summed E-state index contributed by atoms with van der Waals surface area (Å²) < 4.78 is 24.6. The van der Waals surface area contributed by atoms with E-state index in [0.29, 0.717) is 22.1 Å². The van der Waals surface area contributed by atoms with E-state index >= 15 is 0 Å². The SMILES string of the molecule is CNC(c1cc(OC)c(OC)cc1F)c1sccc1Cl. The molecule has 108 valence electrons. The molecule has 0 aliphatic heterocycles. The van der Waals surface area contributed by atoms with Crippen molar-refractivity contribution in [3.63, 3.8) is 0 Å². The Morgan fingerprint density at radius 1 is 1.25 bits per heavy atom. The van der Waals surface area contributed by atoms with Crippen molar-refractivity contribution >= 4 is 22.9 Å². The maximum absolute atomic E-state index is 14.3. The van der Waals surface area contributed by atoms with E-state index in [9.17, 15) is 4.39 Å². The second-order valence-corrected chi connectivity index (χ2v) is 5.44. The quantitative estimate of drug-likeness (QED) is 0.908. The molecule has 0 bridgehead atoms. The van der Waals surface area contributed by atoms with Crippen LogP contribution in [0.25, 0.3) is 0 Å². The van der Waals surface area contributed by atoms with Crippen LogP contribution < -0.4 is 14.8 Å². The Balaban J connectivity index is 2.52. The lowest BCUT2D eigenvalue weighted by molar-refractivity contribution is 0.351. The summed E-state index contributed by atoms with van der Waals surface area (Å²) in [6, 6.07) is 4.41. The smallest absolute Gasteiger partial charge is 0.163 e. The van der Waals surface area contributed by atoms with E-state index in [4.69, 9.17) is 21.1 Å². The van der Waals surface area contributed by atoms with Crippen LogP contribution in [-0.4, -0.2) is 21.3 Å². The number of thiophene rings is 1. The minimum absolute atomic E-state index is 0.331.